The molecule has 3 aromatic carbocycles. The van der Waals surface area contributed by atoms with Crippen molar-refractivity contribution >= 4 is 0 Å². The van der Waals surface area contributed by atoms with Crippen molar-refractivity contribution < 1.29 is 38.3 Å². The maximum absolute atomic E-state index is 12.3. The summed E-state index contributed by atoms with van der Waals surface area (Å²) in [6, 6.07) is 29.3. The lowest BCUT2D eigenvalue weighted by Gasteiger charge is -2.45. The number of hydrogen-bond acceptors (Lipinski definition) is 2. The van der Waals surface area contributed by atoms with Gasteiger partial charge in [-0.3, -0.25) is 0 Å². The lowest BCUT2D eigenvalue weighted by Crippen LogP contribution is -3.00. The molecule has 4 heteroatoms. The van der Waals surface area contributed by atoms with Crippen LogP contribution in [0.1, 0.15) is 29.5 Å². The number of likely N-dealkylation sites (tertiary alicyclic amines) is 1. The lowest BCUT2D eigenvalue weighted by atomic mass is 9.80. The summed E-state index contributed by atoms with van der Waals surface area (Å²) in [6.07, 6.45) is 3.48. The van der Waals surface area contributed by atoms with E-state index in [1.165, 1.54) is 16.7 Å². The molecule has 3 aromatic rings. The number of hydrogen-bond donors (Lipinski definition) is 1. The third kappa shape index (κ3) is 5.53. The van der Waals surface area contributed by atoms with Crippen LogP contribution in [0, 0.1) is 0 Å². The molecule has 170 valence electrons. The number of benzene rings is 3. The zero-order valence-corrected chi connectivity index (χ0v) is 21.2. The molecular weight excluding hydrogens is 509 g/mol. The van der Waals surface area contributed by atoms with Crippen LogP contribution in [0.4, 0.5) is 0 Å². The van der Waals surface area contributed by atoms with Gasteiger partial charge in [0.1, 0.15) is 23.9 Å². The van der Waals surface area contributed by atoms with Gasteiger partial charge in [0, 0.05) is 31.2 Å². The predicted molar refractivity (Wildman–Crippen MR) is 126 cm³/mol. The van der Waals surface area contributed by atoms with Crippen LogP contribution >= 0.6 is 0 Å². The number of methoxy groups -OCH3 is 1. The molecule has 0 aliphatic carbocycles. The normalized spacial score (nSPS) is 20.5. The number of quaternary nitrogens is 1. The fourth-order valence-corrected chi connectivity index (χ4v) is 5.57. The van der Waals surface area contributed by atoms with Crippen LogP contribution in [0.5, 0.6) is 5.75 Å². The van der Waals surface area contributed by atoms with Crippen molar-refractivity contribution in [2.24, 2.45) is 0 Å². The maximum Gasteiger partial charge on any atom is 0.127 e. The molecule has 32 heavy (non-hydrogen) atoms. The summed E-state index contributed by atoms with van der Waals surface area (Å²) < 4.78 is 6.47. The Bertz CT molecular complexity index is 937. The molecular formula is C28H34INO2. The van der Waals surface area contributed by atoms with Gasteiger partial charge >= 0.3 is 0 Å². The number of nitrogens with zero attached hydrogens (tertiary/aromatic N) is 1. The third-order valence-electron chi connectivity index (χ3n) is 6.95. The number of ether oxygens (including phenoxy) is 1. The van der Waals surface area contributed by atoms with Crippen molar-refractivity contribution in [1.29, 1.82) is 0 Å². The van der Waals surface area contributed by atoms with E-state index in [0.29, 0.717) is 12.8 Å². The van der Waals surface area contributed by atoms with Crippen LogP contribution in [0.3, 0.4) is 0 Å². The molecule has 1 N–H and O–H groups in total. The summed E-state index contributed by atoms with van der Waals surface area (Å²) in [5.74, 6) is 0.933. The van der Waals surface area contributed by atoms with Gasteiger partial charge < -0.3 is 38.3 Å². The highest BCUT2D eigenvalue weighted by Gasteiger charge is 2.51. The van der Waals surface area contributed by atoms with E-state index in [1.807, 2.05) is 24.3 Å². The molecule has 1 fully saturated rings. The van der Waals surface area contributed by atoms with Crippen LogP contribution in [-0.2, 0) is 19.4 Å². The minimum Gasteiger partial charge on any atom is -1.00 e. The molecule has 4 rings (SSSR count). The van der Waals surface area contributed by atoms with Gasteiger partial charge in [-0.25, -0.2) is 0 Å². The zero-order valence-electron chi connectivity index (χ0n) is 19.1. The molecule has 0 bridgehead atoms. The summed E-state index contributed by atoms with van der Waals surface area (Å²) >= 11 is 0. The second kappa shape index (κ2) is 10.8. The Morgan fingerprint density at radius 2 is 1.41 bits per heavy atom. The molecule has 0 spiro atoms. The molecule has 0 radical (unpaired) electrons. The highest BCUT2D eigenvalue weighted by Crippen LogP contribution is 2.39. The first-order valence-corrected chi connectivity index (χ1v) is 11.3. The fourth-order valence-electron chi connectivity index (χ4n) is 5.57. The number of halogens is 1. The van der Waals surface area contributed by atoms with E-state index in [-0.39, 0.29) is 30.0 Å². The predicted octanol–water partition coefficient (Wildman–Crippen LogP) is 2.02. The number of likely N-dealkylation sites (N-methyl/N-ethyl adjacent to an activating group) is 1. The van der Waals surface area contributed by atoms with Crippen molar-refractivity contribution in [2.75, 3.05) is 20.7 Å². The highest BCUT2D eigenvalue weighted by molar-refractivity contribution is 5.32. The van der Waals surface area contributed by atoms with Crippen molar-refractivity contribution in [3.63, 3.8) is 0 Å². The first kappa shape index (κ1) is 24.7. The average Bonchev–Trinajstić information content (AvgIpc) is 3.17. The van der Waals surface area contributed by atoms with Gasteiger partial charge in [-0.15, -0.1) is 0 Å². The summed E-state index contributed by atoms with van der Waals surface area (Å²) in [6.45, 7) is 1.93. The monoisotopic (exact) mass is 543 g/mol. The Labute approximate surface area is 209 Å². The van der Waals surface area contributed by atoms with Gasteiger partial charge in [0.15, 0.2) is 0 Å². The molecule has 2 unspecified atom stereocenters. The molecule has 0 aromatic heterocycles. The van der Waals surface area contributed by atoms with Crippen molar-refractivity contribution in [2.45, 2.75) is 43.9 Å². The number of para-hydroxylation sites is 1. The topological polar surface area (TPSA) is 29.5 Å². The van der Waals surface area contributed by atoms with Crippen LogP contribution in [0.15, 0.2) is 84.9 Å². The molecule has 2 atom stereocenters. The minimum absolute atomic E-state index is 0. The van der Waals surface area contributed by atoms with Gasteiger partial charge in [0.05, 0.1) is 20.7 Å². The van der Waals surface area contributed by atoms with Crippen molar-refractivity contribution in [3.8, 4) is 5.75 Å². The molecule has 1 heterocycles. The molecule has 1 aliphatic heterocycles. The molecule has 1 saturated heterocycles. The summed E-state index contributed by atoms with van der Waals surface area (Å²) in [4.78, 5) is 0. The zero-order chi connectivity index (χ0) is 21.7. The number of aliphatic hydroxyl groups is 1. The van der Waals surface area contributed by atoms with Gasteiger partial charge in [-0.05, 0) is 23.3 Å². The van der Waals surface area contributed by atoms with Gasteiger partial charge in [-0.2, -0.15) is 0 Å². The van der Waals surface area contributed by atoms with Crippen LogP contribution < -0.4 is 28.7 Å². The Hall–Kier alpha value is -1.89. The SMILES string of the molecule is COc1ccccc1C[N+]1(C)CCCC1C(O)(Cc1ccccc1)Cc1ccccc1.[I-]. The summed E-state index contributed by atoms with van der Waals surface area (Å²) in [7, 11) is 4.05. The Kier molecular flexibility index (Phi) is 8.37. The smallest absolute Gasteiger partial charge is 0.127 e. The van der Waals surface area contributed by atoms with E-state index in [0.717, 1.165) is 36.2 Å². The Balaban J connectivity index is 0.00000289. The van der Waals surface area contributed by atoms with E-state index in [2.05, 4.69) is 67.7 Å². The molecule has 1 aliphatic rings. The van der Waals surface area contributed by atoms with Gasteiger partial charge in [0.25, 0.3) is 0 Å². The quantitative estimate of drug-likeness (QED) is 0.348. The second-order valence-electron chi connectivity index (χ2n) is 9.26. The molecule has 0 saturated carbocycles. The van der Waals surface area contributed by atoms with Crippen LogP contribution in [-0.4, -0.2) is 41.9 Å². The van der Waals surface area contributed by atoms with Crippen LogP contribution in [0.2, 0.25) is 0 Å². The van der Waals surface area contributed by atoms with Crippen LogP contribution in [0.25, 0.3) is 0 Å². The summed E-state index contributed by atoms with van der Waals surface area (Å²) in [5, 5.41) is 12.3. The fraction of sp³-hybridized carbons (Fsp3) is 0.357. The maximum atomic E-state index is 12.3. The van der Waals surface area contributed by atoms with Gasteiger partial charge in [0.2, 0.25) is 0 Å². The standard InChI is InChI=1S/C28H34NO2.HI/c1-29(22-25-16-9-10-17-26(25)31-2)19-11-18-27(29)28(30,20-23-12-5-3-6-13-23)21-24-14-7-4-8-15-24;/h3-10,12-17,27,30H,11,18-22H2,1-2H3;1H/q+1;/p-1. The van der Waals surface area contributed by atoms with E-state index in [1.54, 1.807) is 7.11 Å². The summed E-state index contributed by atoms with van der Waals surface area (Å²) in [5.41, 5.74) is 2.77. The highest BCUT2D eigenvalue weighted by atomic mass is 127. The average molecular weight is 543 g/mol. The van der Waals surface area contributed by atoms with E-state index < -0.39 is 5.60 Å². The van der Waals surface area contributed by atoms with Crippen molar-refractivity contribution in [1.82, 2.24) is 0 Å². The largest absolute Gasteiger partial charge is 1.00 e. The van der Waals surface area contributed by atoms with E-state index in [4.69, 9.17) is 4.74 Å². The minimum atomic E-state index is -0.823. The van der Waals surface area contributed by atoms with E-state index in [9.17, 15) is 5.11 Å². The molecule has 3 nitrogen and oxygen atoms in total. The Morgan fingerprint density at radius 1 is 0.875 bits per heavy atom. The van der Waals surface area contributed by atoms with E-state index >= 15 is 0 Å². The lowest BCUT2D eigenvalue weighted by molar-refractivity contribution is -0.940. The second-order valence-corrected chi connectivity index (χ2v) is 9.26. The first-order chi connectivity index (χ1) is 15.0. The number of rotatable bonds is 8. The van der Waals surface area contributed by atoms with Gasteiger partial charge in [-0.1, -0.05) is 72.8 Å². The Morgan fingerprint density at radius 3 is 1.97 bits per heavy atom. The first-order valence-electron chi connectivity index (χ1n) is 11.3. The van der Waals surface area contributed by atoms with Crippen molar-refractivity contribution in [3.05, 3.63) is 102 Å². The molecule has 0 amide bonds. The third-order valence-corrected chi connectivity index (χ3v) is 6.95.